The number of hydrogen-bond donors (Lipinski definition) is 1. The molecule has 6 heteroatoms. The third-order valence-electron chi connectivity index (χ3n) is 7.13. The topological polar surface area (TPSA) is 102 Å². The molecule has 0 radical (unpaired) electrons. The number of benzene rings is 4. The van der Waals surface area contributed by atoms with Crippen molar-refractivity contribution >= 4 is 32.6 Å². The molecule has 3 heterocycles. The van der Waals surface area contributed by atoms with Crippen LogP contribution in [0.3, 0.4) is 0 Å². The minimum Gasteiger partial charge on any atom is -0.337 e. The Hall–Kier alpha value is -6.73. The number of H-pyrrole nitrogens is 1. The van der Waals surface area contributed by atoms with Gasteiger partial charge >= 0.3 is 0 Å². The van der Waals surface area contributed by atoms with Crippen molar-refractivity contribution in [2.45, 2.75) is 0 Å². The Bertz CT molecular complexity index is 2260. The van der Waals surface area contributed by atoms with Crippen molar-refractivity contribution in [2.24, 2.45) is 0 Å². The van der Waals surface area contributed by atoms with E-state index in [1.807, 2.05) is 48.5 Å². The normalized spacial score (nSPS) is 10.4. The molecule has 43 heavy (non-hydrogen) atoms. The highest BCUT2D eigenvalue weighted by Gasteiger charge is 2.18. The number of aromatic nitrogens is 4. The van der Waals surface area contributed by atoms with Gasteiger partial charge in [-0.3, -0.25) is 9.97 Å². The maximum absolute atomic E-state index is 9.81. The van der Waals surface area contributed by atoms with Crippen LogP contribution in [0.15, 0.2) is 104 Å². The lowest BCUT2D eigenvalue weighted by atomic mass is 9.96. The Labute approximate surface area is 246 Å². The number of fused-ring (bicyclic) bond motifs is 6. The number of hydrogen-bond acceptors (Lipinski definition) is 5. The van der Waals surface area contributed by atoms with Crippen molar-refractivity contribution in [1.82, 2.24) is 19.9 Å². The van der Waals surface area contributed by atoms with E-state index in [-0.39, 0.29) is 0 Å². The molecule has 0 amide bonds. The van der Waals surface area contributed by atoms with Gasteiger partial charge < -0.3 is 4.98 Å². The Kier molecular flexibility index (Phi) is 6.27. The van der Waals surface area contributed by atoms with Crippen LogP contribution >= 0.6 is 0 Å². The molecule has 0 bridgehead atoms. The zero-order valence-electron chi connectivity index (χ0n) is 22.6. The molecule has 0 aliphatic rings. The van der Waals surface area contributed by atoms with E-state index >= 15 is 0 Å². The summed E-state index contributed by atoms with van der Waals surface area (Å²) >= 11 is 0. The van der Waals surface area contributed by atoms with E-state index in [0.29, 0.717) is 22.5 Å². The number of nitrogens with one attached hydrogen (secondary N) is 1. The van der Waals surface area contributed by atoms with Gasteiger partial charge in [0.25, 0.3) is 0 Å². The molecular formula is C37H18N6. The molecule has 3 aromatic heterocycles. The van der Waals surface area contributed by atoms with Crippen LogP contribution < -0.4 is 0 Å². The molecule has 1 N–H and O–H groups in total. The van der Waals surface area contributed by atoms with E-state index in [2.05, 4.69) is 62.9 Å². The molecule has 0 unspecified atom stereocenters. The second kappa shape index (κ2) is 10.7. The van der Waals surface area contributed by atoms with Gasteiger partial charge in [-0.25, -0.2) is 4.98 Å². The minimum atomic E-state index is 0.382. The summed E-state index contributed by atoms with van der Waals surface area (Å²) in [6, 6.07) is 29.2. The lowest BCUT2D eigenvalue weighted by molar-refractivity contribution is 1.31. The number of aromatic amines is 1. The molecule has 196 valence electrons. The largest absolute Gasteiger partial charge is 0.337 e. The summed E-state index contributed by atoms with van der Waals surface area (Å²) in [4.78, 5) is 16.7. The number of imidazole rings is 1. The highest BCUT2D eigenvalue weighted by molar-refractivity contribution is 6.24. The maximum atomic E-state index is 9.81. The molecule has 0 aliphatic heterocycles. The first-order chi connectivity index (χ1) is 21.2. The van der Waals surface area contributed by atoms with Gasteiger partial charge in [-0.2, -0.15) is 10.5 Å². The molecule has 0 fully saturated rings. The zero-order valence-corrected chi connectivity index (χ0v) is 22.6. The van der Waals surface area contributed by atoms with Crippen LogP contribution in [0.4, 0.5) is 0 Å². The van der Waals surface area contributed by atoms with E-state index in [1.165, 1.54) is 0 Å². The lowest BCUT2D eigenvalue weighted by Crippen LogP contribution is -1.91. The van der Waals surface area contributed by atoms with Crippen molar-refractivity contribution in [3.8, 4) is 47.2 Å². The maximum Gasteiger partial charge on any atom is 0.141 e. The van der Waals surface area contributed by atoms with E-state index in [1.54, 1.807) is 43.0 Å². The second-order valence-electron chi connectivity index (χ2n) is 9.76. The van der Waals surface area contributed by atoms with E-state index in [9.17, 15) is 10.5 Å². The van der Waals surface area contributed by atoms with Gasteiger partial charge in [-0.1, -0.05) is 41.9 Å². The van der Waals surface area contributed by atoms with E-state index in [4.69, 9.17) is 4.98 Å². The predicted octanol–water partition coefficient (Wildman–Crippen LogP) is 6.87. The lowest BCUT2D eigenvalue weighted by Gasteiger charge is -2.07. The average Bonchev–Trinajstić information content (AvgIpc) is 3.52. The summed E-state index contributed by atoms with van der Waals surface area (Å²) in [5, 5.41) is 23.4. The van der Waals surface area contributed by atoms with Gasteiger partial charge in [0.2, 0.25) is 0 Å². The molecule has 6 nitrogen and oxygen atoms in total. The standard InChI is InChI=1S/C37H18N6/c38-20-28-6-1-7-29(21-39)34(28)37-42-35-30-14-12-24(8-10-26-4-2-16-40-22-26)18-32(30)33-19-25(13-15-31(33)36(35)43-37)9-11-27-5-3-17-41-23-27/h1-7,12-19,22-23H,(H,42,43). The van der Waals surface area contributed by atoms with Gasteiger partial charge in [0.05, 0.1) is 39.9 Å². The minimum absolute atomic E-state index is 0.382. The van der Waals surface area contributed by atoms with Crippen molar-refractivity contribution in [2.75, 3.05) is 0 Å². The van der Waals surface area contributed by atoms with Crippen LogP contribution in [0.25, 0.3) is 44.0 Å². The molecule has 7 rings (SSSR count). The Morgan fingerprint density at radius 2 is 1.12 bits per heavy atom. The first-order valence-corrected chi connectivity index (χ1v) is 13.4. The first kappa shape index (κ1) is 25.3. The smallest absolute Gasteiger partial charge is 0.141 e. The molecule has 4 aromatic carbocycles. The third kappa shape index (κ3) is 4.69. The quantitative estimate of drug-likeness (QED) is 0.179. The van der Waals surface area contributed by atoms with Crippen LogP contribution in [0.2, 0.25) is 0 Å². The Balaban J connectivity index is 1.49. The van der Waals surface area contributed by atoms with Crippen LogP contribution in [0.5, 0.6) is 0 Å². The SMILES string of the molecule is N#Cc1cccc(C#N)c1-c1nc2c3ccc(C#Cc4cccnc4)cc3c3cc(C#Cc4cccnc4)ccc3c2[nH]1. The number of rotatable bonds is 1. The van der Waals surface area contributed by atoms with Gasteiger partial charge in [0.15, 0.2) is 0 Å². The highest BCUT2D eigenvalue weighted by atomic mass is 14.9. The summed E-state index contributed by atoms with van der Waals surface area (Å²) in [5.41, 5.74) is 6.18. The van der Waals surface area contributed by atoms with Crippen LogP contribution in [-0.4, -0.2) is 19.9 Å². The third-order valence-corrected chi connectivity index (χ3v) is 7.13. The van der Waals surface area contributed by atoms with Crippen molar-refractivity contribution in [3.63, 3.8) is 0 Å². The van der Waals surface area contributed by atoms with Crippen LogP contribution in [0.1, 0.15) is 33.4 Å². The molecule has 0 saturated heterocycles. The van der Waals surface area contributed by atoms with Gasteiger partial charge in [-0.15, -0.1) is 0 Å². The molecule has 7 aromatic rings. The first-order valence-electron chi connectivity index (χ1n) is 13.4. The fraction of sp³-hybridized carbons (Fsp3) is 0. The summed E-state index contributed by atoms with van der Waals surface area (Å²) in [5.74, 6) is 13.4. The number of nitriles is 2. The molecule has 0 spiro atoms. The fourth-order valence-corrected chi connectivity index (χ4v) is 5.15. The fourth-order valence-electron chi connectivity index (χ4n) is 5.15. The predicted molar refractivity (Wildman–Crippen MR) is 166 cm³/mol. The van der Waals surface area contributed by atoms with Crippen LogP contribution in [-0.2, 0) is 0 Å². The van der Waals surface area contributed by atoms with Gasteiger partial charge in [0.1, 0.15) is 5.82 Å². The Morgan fingerprint density at radius 1 is 0.558 bits per heavy atom. The average molecular weight is 547 g/mol. The zero-order chi connectivity index (χ0) is 29.2. The highest BCUT2D eigenvalue weighted by Crippen LogP contribution is 2.37. The molecular weight excluding hydrogens is 528 g/mol. The molecule has 0 aliphatic carbocycles. The Morgan fingerprint density at radius 3 is 1.67 bits per heavy atom. The number of nitrogens with zero attached hydrogens (tertiary/aromatic N) is 5. The van der Waals surface area contributed by atoms with Crippen LogP contribution in [0, 0.1) is 46.3 Å². The number of pyridine rings is 2. The van der Waals surface area contributed by atoms with E-state index in [0.717, 1.165) is 54.8 Å². The molecule has 0 saturated carbocycles. The van der Waals surface area contributed by atoms with Crippen molar-refractivity contribution in [1.29, 1.82) is 10.5 Å². The van der Waals surface area contributed by atoms with E-state index < -0.39 is 0 Å². The van der Waals surface area contributed by atoms with Crippen molar-refractivity contribution in [3.05, 3.63) is 137 Å². The molecule has 0 atom stereocenters. The summed E-state index contributed by atoms with van der Waals surface area (Å²) in [7, 11) is 0. The summed E-state index contributed by atoms with van der Waals surface area (Å²) in [6.45, 7) is 0. The summed E-state index contributed by atoms with van der Waals surface area (Å²) < 4.78 is 0. The second-order valence-corrected chi connectivity index (χ2v) is 9.76. The van der Waals surface area contributed by atoms with Crippen molar-refractivity contribution < 1.29 is 0 Å². The van der Waals surface area contributed by atoms with Gasteiger partial charge in [0, 0.05) is 57.8 Å². The summed E-state index contributed by atoms with van der Waals surface area (Å²) in [6.07, 6.45) is 6.92. The monoisotopic (exact) mass is 546 g/mol. The van der Waals surface area contributed by atoms with Gasteiger partial charge in [-0.05, 0) is 71.4 Å².